The van der Waals surface area contributed by atoms with Crippen LogP contribution in [-0.2, 0) is 24.3 Å². The zero-order chi connectivity index (χ0) is 17.7. The molecule has 1 aromatic rings. The topological polar surface area (TPSA) is 81.7 Å². The number of hydrogen-bond acceptors (Lipinski definition) is 5. The summed E-state index contributed by atoms with van der Waals surface area (Å²) in [5.41, 5.74) is 1.56. The minimum Gasteiger partial charge on any atom is -0.376 e. The number of amides is 1. The third-order valence-corrected chi connectivity index (χ3v) is 5.54. The number of carbonyl (C=O) groups is 1. The van der Waals surface area contributed by atoms with Crippen molar-refractivity contribution >= 4 is 15.9 Å². The lowest BCUT2D eigenvalue weighted by Crippen LogP contribution is -2.40. The molecule has 0 spiro atoms. The summed E-state index contributed by atoms with van der Waals surface area (Å²) >= 11 is 0. The summed E-state index contributed by atoms with van der Waals surface area (Å²) in [6, 6.07) is 4.97. The number of benzene rings is 1. The molecule has 1 saturated heterocycles. The number of hydrogen-bond donors (Lipinski definition) is 1. The van der Waals surface area contributed by atoms with Gasteiger partial charge in [0.25, 0.3) is 15.9 Å². The van der Waals surface area contributed by atoms with Crippen LogP contribution in [0.1, 0.15) is 37.3 Å². The molecular weight excluding hydrogens is 330 g/mol. The maximum atomic E-state index is 12.4. The Balaban J connectivity index is 1.94. The zero-order valence-electron chi connectivity index (χ0n) is 14.4. The van der Waals surface area contributed by atoms with Gasteiger partial charge in [0.15, 0.2) is 0 Å². The summed E-state index contributed by atoms with van der Waals surface area (Å²) in [6.07, 6.45) is 2.13. The molecule has 0 aromatic heterocycles. The van der Waals surface area contributed by atoms with Crippen LogP contribution in [-0.4, -0.2) is 39.7 Å². The van der Waals surface area contributed by atoms with Crippen LogP contribution in [0.15, 0.2) is 23.1 Å². The predicted octanol–water partition coefficient (Wildman–Crippen LogP) is 2.08. The molecule has 1 heterocycles. The first-order valence-corrected chi connectivity index (χ1v) is 9.65. The number of ether oxygens (including phenoxy) is 2. The fourth-order valence-electron chi connectivity index (χ4n) is 2.64. The lowest BCUT2D eigenvalue weighted by molar-refractivity contribution is -0.133. The normalized spacial score (nSPS) is 19.7. The number of rotatable bonds is 6. The van der Waals surface area contributed by atoms with Gasteiger partial charge in [-0.25, -0.2) is 13.1 Å². The number of aryl methyl sites for hydroxylation is 2. The van der Waals surface area contributed by atoms with Crippen molar-refractivity contribution in [3.8, 4) is 0 Å². The smallest absolute Gasteiger partial charge is 0.264 e. The molecule has 24 heavy (non-hydrogen) atoms. The number of sulfonamides is 1. The molecule has 1 N–H and O–H groups in total. The second-order valence-corrected chi connectivity index (χ2v) is 7.85. The second-order valence-electron chi connectivity index (χ2n) is 6.20. The molecular formula is C17H25NO5S. The van der Waals surface area contributed by atoms with E-state index in [1.165, 1.54) is 13.0 Å². The molecule has 6 nitrogen and oxygen atoms in total. The van der Waals surface area contributed by atoms with Gasteiger partial charge in [-0.2, -0.15) is 0 Å². The van der Waals surface area contributed by atoms with E-state index >= 15 is 0 Å². The monoisotopic (exact) mass is 355 g/mol. The van der Waals surface area contributed by atoms with Crippen LogP contribution in [0.5, 0.6) is 0 Å². The molecule has 1 amide bonds. The molecule has 1 aromatic carbocycles. The van der Waals surface area contributed by atoms with E-state index in [-0.39, 0.29) is 17.6 Å². The average molecular weight is 355 g/mol. The van der Waals surface area contributed by atoms with Gasteiger partial charge in [0.1, 0.15) is 6.10 Å². The zero-order valence-corrected chi connectivity index (χ0v) is 15.2. The van der Waals surface area contributed by atoms with Crippen molar-refractivity contribution in [2.24, 2.45) is 0 Å². The van der Waals surface area contributed by atoms with E-state index in [2.05, 4.69) is 4.72 Å². The molecule has 1 fully saturated rings. The van der Waals surface area contributed by atoms with E-state index in [1.807, 2.05) is 6.92 Å². The van der Waals surface area contributed by atoms with Gasteiger partial charge in [0, 0.05) is 6.61 Å². The average Bonchev–Trinajstić information content (AvgIpc) is 2.52. The molecule has 7 heteroatoms. The van der Waals surface area contributed by atoms with Crippen LogP contribution in [0, 0.1) is 13.8 Å². The Morgan fingerprint density at radius 1 is 1.38 bits per heavy atom. The molecule has 1 aliphatic rings. The van der Waals surface area contributed by atoms with Crippen molar-refractivity contribution in [1.82, 2.24) is 4.72 Å². The highest BCUT2D eigenvalue weighted by Crippen LogP contribution is 2.17. The first-order valence-electron chi connectivity index (χ1n) is 8.17. The summed E-state index contributed by atoms with van der Waals surface area (Å²) < 4.78 is 37.8. The molecule has 2 rings (SSSR count). The second kappa shape index (κ2) is 8.09. The molecule has 0 aliphatic carbocycles. The quantitative estimate of drug-likeness (QED) is 0.845. The Kier molecular flexibility index (Phi) is 6.37. The third kappa shape index (κ3) is 5.03. The fourth-order valence-corrected chi connectivity index (χ4v) is 3.91. The fraction of sp³-hybridized carbons (Fsp3) is 0.588. The highest BCUT2D eigenvalue weighted by Gasteiger charge is 2.24. The largest absolute Gasteiger partial charge is 0.376 e. The summed E-state index contributed by atoms with van der Waals surface area (Å²) in [4.78, 5) is 12.2. The van der Waals surface area contributed by atoms with Crippen LogP contribution in [0.25, 0.3) is 0 Å². The maximum Gasteiger partial charge on any atom is 0.264 e. The Bertz CT molecular complexity index is 680. The van der Waals surface area contributed by atoms with Crippen molar-refractivity contribution in [3.63, 3.8) is 0 Å². The highest BCUT2D eigenvalue weighted by molar-refractivity contribution is 7.90. The summed E-state index contributed by atoms with van der Waals surface area (Å²) in [7, 11) is -3.91. The third-order valence-electron chi connectivity index (χ3n) is 4.03. The van der Waals surface area contributed by atoms with Gasteiger partial charge in [-0.15, -0.1) is 0 Å². The first kappa shape index (κ1) is 18.9. The molecule has 134 valence electrons. The van der Waals surface area contributed by atoms with Gasteiger partial charge in [0.2, 0.25) is 0 Å². The minimum atomic E-state index is -3.91. The SMILES string of the molecule is Cc1ccc(S(=O)(=O)NC(=O)C(C)OCC2CCCCO2)c(C)c1. The van der Waals surface area contributed by atoms with Gasteiger partial charge in [-0.1, -0.05) is 17.7 Å². The van der Waals surface area contributed by atoms with E-state index < -0.39 is 22.0 Å². The van der Waals surface area contributed by atoms with Crippen LogP contribution >= 0.6 is 0 Å². The lowest BCUT2D eigenvalue weighted by atomic mass is 10.1. The molecule has 0 saturated carbocycles. The van der Waals surface area contributed by atoms with Gasteiger partial charge in [-0.3, -0.25) is 4.79 Å². The summed E-state index contributed by atoms with van der Waals surface area (Å²) in [5.74, 6) is -0.675. The van der Waals surface area contributed by atoms with Gasteiger partial charge < -0.3 is 9.47 Å². The Morgan fingerprint density at radius 2 is 2.12 bits per heavy atom. The van der Waals surface area contributed by atoms with E-state index in [1.54, 1.807) is 19.1 Å². The van der Waals surface area contributed by atoms with Crippen molar-refractivity contribution < 1.29 is 22.7 Å². The van der Waals surface area contributed by atoms with E-state index in [4.69, 9.17) is 9.47 Å². The van der Waals surface area contributed by atoms with Gasteiger partial charge >= 0.3 is 0 Å². The van der Waals surface area contributed by atoms with Crippen LogP contribution in [0.4, 0.5) is 0 Å². The first-order chi connectivity index (χ1) is 11.3. The molecule has 2 atom stereocenters. The lowest BCUT2D eigenvalue weighted by Gasteiger charge is -2.23. The Morgan fingerprint density at radius 3 is 2.75 bits per heavy atom. The molecule has 2 unspecified atom stereocenters. The Labute approximate surface area is 143 Å². The molecule has 1 aliphatic heterocycles. The van der Waals surface area contributed by atoms with Crippen molar-refractivity contribution in [2.75, 3.05) is 13.2 Å². The van der Waals surface area contributed by atoms with Crippen molar-refractivity contribution in [2.45, 2.75) is 57.1 Å². The van der Waals surface area contributed by atoms with E-state index in [9.17, 15) is 13.2 Å². The number of nitrogens with one attached hydrogen (secondary N) is 1. The maximum absolute atomic E-state index is 12.4. The minimum absolute atomic E-state index is 0.0232. The van der Waals surface area contributed by atoms with Crippen LogP contribution < -0.4 is 4.72 Å². The van der Waals surface area contributed by atoms with Crippen LogP contribution in [0.2, 0.25) is 0 Å². The van der Waals surface area contributed by atoms with Crippen molar-refractivity contribution in [1.29, 1.82) is 0 Å². The highest BCUT2D eigenvalue weighted by atomic mass is 32.2. The molecule has 0 bridgehead atoms. The van der Waals surface area contributed by atoms with Crippen LogP contribution in [0.3, 0.4) is 0 Å². The predicted molar refractivity (Wildman–Crippen MR) is 90.2 cm³/mol. The summed E-state index contributed by atoms with van der Waals surface area (Å²) in [5, 5.41) is 0. The molecule has 0 radical (unpaired) electrons. The van der Waals surface area contributed by atoms with E-state index in [0.717, 1.165) is 24.8 Å². The van der Waals surface area contributed by atoms with E-state index in [0.29, 0.717) is 12.2 Å². The Hall–Kier alpha value is -1.44. The summed E-state index contributed by atoms with van der Waals surface area (Å²) in [6.45, 7) is 6.11. The number of carbonyl (C=O) groups excluding carboxylic acids is 1. The van der Waals surface area contributed by atoms with Gasteiger partial charge in [0.05, 0.1) is 17.6 Å². The van der Waals surface area contributed by atoms with Gasteiger partial charge in [-0.05, 0) is 51.7 Å². The standard InChI is InChI=1S/C17H25NO5S/c1-12-7-8-16(13(2)10-12)24(20,21)18-17(19)14(3)23-11-15-6-4-5-9-22-15/h7-8,10,14-15H,4-6,9,11H2,1-3H3,(H,18,19). The van der Waals surface area contributed by atoms with Crippen molar-refractivity contribution in [3.05, 3.63) is 29.3 Å².